The van der Waals surface area contributed by atoms with Gasteiger partial charge in [-0.05, 0) is 64.1 Å². The van der Waals surface area contributed by atoms with Crippen LogP contribution in [0.25, 0.3) is 0 Å². The number of nitrogens with one attached hydrogen (secondary N) is 1. The molecule has 0 amide bonds. The predicted molar refractivity (Wildman–Crippen MR) is 95.3 cm³/mol. The van der Waals surface area contributed by atoms with Crippen molar-refractivity contribution in [2.75, 3.05) is 25.3 Å². The van der Waals surface area contributed by atoms with E-state index in [4.69, 9.17) is 18.9 Å². The normalized spacial score (nSPS) is 23.4. The lowest BCUT2D eigenvalue weighted by molar-refractivity contribution is 0.00578. The molecule has 0 unspecified atom stereocenters. The van der Waals surface area contributed by atoms with Gasteiger partial charge in [0.2, 0.25) is 0 Å². The van der Waals surface area contributed by atoms with Gasteiger partial charge in [-0.1, -0.05) is 12.1 Å². The molecule has 5 nitrogen and oxygen atoms in total. The van der Waals surface area contributed by atoms with Gasteiger partial charge >= 0.3 is 7.12 Å². The van der Waals surface area contributed by atoms with Gasteiger partial charge in [0.05, 0.1) is 23.5 Å². The van der Waals surface area contributed by atoms with Crippen LogP contribution in [-0.4, -0.2) is 38.1 Å². The molecule has 0 saturated carbocycles. The minimum atomic E-state index is -0.354. The van der Waals surface area contributed by atoms with Gasteiger partial charge in [0, 0.05) is 13.2 Å². The highest BCUT2D eigenvalue weighted by Crippen LogP contribution is 2.36. The number of hydrogen-bond donors (Lipinski definition) is 1. The van der Waals surface area contributed by atoms with E-state index in [0.717, 1.165) is 37.2 Å². The van der Waals surface area contributed by atoms with Crippen molar-refractivity contribution in [2.45, 2.75) is 51.7 Å². The fourth-order valence-corrected chi connectivity index (χ4v) is 2.88. The molecule has 0 aliphatic carbocycles. The molecular formula is C18H28BNO4. The minimum absolute atomic E-state index is 0.333. The van der Waals surface area contributed by atoms with E-state index in [1.807, 2.05) is 24.3 Å². The Morgan fingerprint density at radius 3 is 2.46 bits per heavy atom. The Balaban J connectivity index is 1.56. The second kappa shape index (κ2) is 7.04. The Kier molecular flexibility index (Phi) is 5.20. The maximum absolute atomic E-state index is 6.10. The van der Waals surface area contributed by atoms with Crippen LogP contribution in [0.1, 0.15) is 40.5 Å². The Bertz CT molecular complexity index is 542. The van der Waals surface area contributed by atoms with E-state index >= 15 is 0 Å². The molecule has 0 radical (unpaired) electrons. The lowest BCUT2D eigenvalue weighted by Gasteiger charge is -2.32. The highest BCUT2D eigenvalue weighted by Gasteiger charge is 2.51. The molecule has 2 aliphatic heterocycles. The van der Waals surface area contributed by atoms with Crippen LogP contribution < -0.4 is 10.9 Å². The summed E-state index contributed by atoms with van der Waals surface area (Å²) < 4.78 is 17.6. The number of rotatable bonds is 5. The molecule has 3 rings (SSSR count). The highest BCUT2D eigenvalue weighted by molar-refractivity contribution is 6.62. The van der Waals surface area contributed by atoms with Crippen molar-refractivity contribution >= 4 is 18.3 Å². The molecule has 0 bridgehead atoms. The molecular weight excluding hydrogens is 305 g/mol. The van der Waals surface area contributed by atoms with E-state index in [0.29, 0.717) is 12.5 Å². The third-order valence-corrected chi connectivity index (χ3v) is 5.26. The smallest absolute Gasteiger partial charge is 0.399 e. The van der Waals surface area contributed by atoms with E-state index in [9.17, 15) is 0 Å². The summed E-state index contributed by atoms with van der Waals surface area (Å²) in [6, 6.07) is 8.01. The van der Waals surface area contributed by atoms with Crippen molar-refractivity contribution in [1.29, 1.82) is 0 Å². The quantitative estimate of drug-likeness (QED) is 0.663. The molecule has 0 aromatic heterocycles. The molecule has 0 atom stereocenters. The largest absolute Gasteiger partial charge is 0.494 e. The minimum Gasteiger partial charge on any atom is -0.399 e. The fourth-order valence-electron chi connectivity index (χ4n) is 2.88. The summed E-state index contributed by atoms with van der Waals surface area (Å²) in [6.07, 6.45) is 2.13. The Morgan fingerprint density at radius 1 is 1.12 bits per heavy atom. The van der Waals surface area contributed by atoms with Crippen molar-refractivity contribution in [2.24, 2.45) is 5.92 Å². The van der Waals surface area contributed by atoms with E-state index in [-0.39, 0.29) is 18.3 Å². The summed E-state index contributed by atoms with van der Waals surface area (Å²) in [5.41, 5.74) is 4.29. The molecule has 1 aromatic carbocycles. The summed E-state index contributed by atoms with van der Waals surface area (Å²) in [5, 5.41) is 0. The average molecular weight is 333 g/mol. The van der Waals surface area contributed by atoms with Gasteiger partial charge in [-0.25, -0.2) is 0 Å². The predicted octanol–water partition coefficient (Wildman–Crippen LogP) is 2.76. The average Bonchev–Trinajstić information content (AvgIpc) is 2.77. The van der Waals surface area contributed by atoms with Gasteiger partial charge in [0.15, 0.2) is 0 Å². The second-order valence-corrected chi connectivity index (χ2v) is 7.68. The van der Waals surface area contributed by atoms with Crippen LogP contribution in [0.15, 0.2) is 24.3 Å². The van der Waals surface area contributed by atoms with Gasteiger partial charge in [-0.3, -0.25) is 10.3 Å². The molecule has 6 heteroatoms. The third kappa shape index (κ3) is 3.94. The zero-order valence-electron chi connectivity index (χ0n) is 15.1. The standard InChI is InChI=1S/C18H28BNO4/c1-17(2)18(3,4)24-19(23-17)15-6-5-7-16(12-15)20-22-13-14-8-10-21-11-9-14/h5-7,12,14,20H,8-11,13H2,1-4H3. The number of anilines is 1. The van der Waals surface area contributed by atoms with Gasteiger partial charge in [-0.2, -0.15) is 0 Å². The van der Waals surface area contributed by atoms with Crippen LogP contribution in [0, 0.1) is 5.92 Å². The lowest BCUT2D eigenvalue weighted by atomic mass is 9.79. The van der Waals surface area contributed by atoms with Crippen molar-refractivity contribution < 1.29 is 18.9 Å². The zero-order chi connectivity index (χ0) is 17.2. The molecule has 2 fully saturated rings. The number of hydrogen-bond acceptors (Lipinski definition) is 5. The first-order valence-electron chi connectivity index (χ1n) is 8.78. The van der Waals surface area contributed by atoms with E-state index in [2.05, 4.69) is 33.2 Å². The topological polar surface area (TPSA) is 49.0 Å². The fraction of sp³-hybridized carbons (Fsp3) is 0.667. The van der Waals surface area contributed by atoms with Crippen molar-refractivity contribution in [3.8, 4) is 0 Å². The van der Waals surface area contributed by atoms with Crippen molar-refractivity contribution in [1.82, 2.24) is 0 Å². The third-order valence-electron chi connectivity index (χ3n) is 5.26. The molecule has 1 aromatic rings. The Morgan fingerprint density at radius 2 is 1.79 bits per heavy atom. The van der Waals surface area contributed by atoms with Crippen LogP contribution in [0.3, 0.4) is 0 Å². The summed E-state index contributed by atoms with van der Waals surface area (Å²) in [6.45, 7) is 10.6. The molecule has 2 heterocycles. The lowest BCUT2D eigenvalue weighted by Crippen LogP contribution is -2.41. The molecule has 24 heavy (non-hydrogen) atoms. The Hall–Kier alpha value is -1.08. The van der Waals surface area contributed by atoms with Crippen molar-refractivity contribution in [3.63, 3.8) is 0 Å². The first-order valence-corrected chi connectivity index (χ1v) is 8.78. The molecule has 2 saturated heterocycles. The molecule has 132 valence electrons. The van der Waals surface area contributed by atoms with E-state index < -0.39 is 0 Å². The number of ether oxygens (including phenoxy) is 1. The summed E-state index contributed by atoms with van der Waals surface area (Å²) in [4.78, 5) is 5.67. The maximum atomic E-state index is 6.10. The monoisotopic (exact) mass is 333 g/mol. The molecule has 2 aliphatic rings. The van der Waals surface area contributed by atoms with E-state index in [1.54, 1.807) is 0 Å². The molecule has 0 spiro atoms. The zero-order valence-corrected chi connectivity index (χ0v) is 15.1. The van der Waals surface area contributed by atoms with Crippen LogP contribution in [0.4, 0.5) is 5.69 Å². The SMILES string of the molecule is CC1(C)OB(c2cccc(NOCC3CCOCC3)c2)OC1(C)C. The van der Waals surface area contributed by atoms with Crippen molar-refractivity contribution in [3.05, 3.63) is 24.3 Å². The first-order chi connectivity index (χ1) is 11.4. The van der Waals surface area contributed by atoms with Gasteiger partial charge in [0.1, 0.15) is 0 Å². The summed E-state index contributed by atoms with van der Waals surface area (Å²) in [7, 11) is -0.354. The summed E-state index contributed by atoms with van der Waals surface area (Å²) in [5.74, 6) is 0.567. The second-order valence-electron chi connectivity index (χ2n) is 7.68. The van der Waals surface area contributed by atoms with Gasteiger partial charge in [-0.15, -0.1) is 0 Å². The van der Waals surface area contributed by atoms with Gasteiger partial charge < -0.3 is 14.0 Å². The Labute approximate surface area is 145 Å². The van der Waals surface area contributed by atoms with Crippen LogP contribution in [0.5, 0.6) is 0 Å². The van der Waals surface area contributed by atoms with Gasteiger partial charge in [0.25, 0.3) is 0 Å². The van der Waals surface area contributed by atoms with E-state index in [1.165, 1.54) is 0 Å². The van der Waals surface area contributed by atoms with Crippen LogP contribution in [0.2, 0.25) is 0 Å². The summed E-state index contributed by atoms with van der Waals surface area (Å²) >= 11 is 0. The van der Waals surface area contributed by atoms with Crippen LogP contribution in [-0.2, 0) is 18.9 Å². The molecule has 1 N–H and O–H groups in total. The highest BCUT2D eigenvalue weighted by atomic mass is 16.7. The first kappa shape index (κ1) is 17.7. The van der Waals surface area contributed by atoms with Crippen LogP contribution >= 0.6 is 0 Å². The maximum Gasteiger partial charge on any atom is 0.494 e. The number of benzene rings is 1.